The van der Waals surface area contributed by atoms with Crippen LogP contribution in [0.2, 0.25) is 0 Å². The number of halogens is 1. The van der Waals surface area contributed by atoms with E-state index in [4.69, 9.17) is 0 Å². The summed E-state index contributed by atoms with van der Waals surface area (Å²) >= 11 is 1.60. The number of amides is 1. The summed E-state index contributed by atoms with van der Waals surface area (Å²) in [7, 11) is 0. The molecule has 0 radical (unpaired) electrons. The van der Waals surface area contributed by atoms with E-state index < -0.39 is 0 Å². The van der Waals surface area contributed by atoms with Crippen molar-refractivity contribution in [2.24, 2.45) is 0 Å². The van der Waals surface area contributed by atoms with Gasteiger partial charge in [0, 0.05) is 40.2 Å². The second kappa shape index (κ2) is 7.47. The monoisotopic (exact) mass is 375 g/mol. The molecule has 0 aliphatic heterocycles. The molecule has 132 valence electrons. The fraction of sp³-hybridized carbons (Fsp3) is 0. The van der Waals surface area contributed by atoms with Gasteiger partial charge >= 0.3 is 0 Å². The first kappa shape index (κ1) is 17.1. The van der Waals surface area contributed by atoms with Crippen LogP contribution in [0.1, 0.15) is 10.4 Å². The molecular formula is C21H14FN3OS. The third-order valence-corrected chi connectivity index (χ3v) is 4.96. The highest BCUT2D eigenvalue weighted by molar-refractivity contribution is 7.14. The van der Waals surface area contributed by atoms with Gasteiger partial charge in [0.2, 0.25) is 0 Å². The molecule has 0 aliphatic rings. The molecule has 0 fully saturated rings. The highest BCUT2D eigenvalue weighted by atomic mass is 32.1. The van der Waals surface area contributed by atoms with Crippen molar-refractivity contribution in [2.45, 2.75) is 0 Å². The molecule has 0 aliphatic carbocycles. The average Bonchev–Trinajstić information content (AvgIpc) is 3.20. The van der Waals surface area contributed by atoms with Crippen molar-refractivity contribution in [3.8, 4) is 21.6 Å². The van der Waals surface area contributed by atoms with Crippen LogP contribution in [0.5, 0.6) is 0 Å². The first-order valence-corrected chi connectivity index (χ1v) is 9.08. The Bertz CT molecular complexity index is 1080. The van der Waals surface area contributed by atoms with Crippen LogP contribution in [0, 0.1) is 5.82 Å². The SMILES string of the molecule is O=C(Nc1cncc(-c2cc(-c3cccnc3)cs2)c1)c1ccc(F)cc1. The molecule has 27 heavy (non-hydrogen) atoms. The van der Waals surface area contributed by atoms with Gasteiger partial charge in [0.25, 0.3) is 5.91 Å². The van der Waals surface area contributed by atoms with Crippen molar-refractivity contribution in [1.82, 2.24) is 9.97 Å². The van der Waals surface area contributed by atoms with Crippen molar-refractivity contribution in [3.63, 3.8) is 0 Å². The second-order valence-electron chi connectivity index (χ2n) is 5.86. The third-order valence-electron chi connectivity index (χ3n) is 3.98. The van der Waals surface area contributed by atoms with E-state index in [9.17, 15) is 9.18 Å². The molecule has 6 heteroatoms. The Labute approximate surface area is 159 Å². The van der Waals surface area contributed by atoms with Gasteiger partial charge in [-0.2, -0.15) is 0 Å². The van der Waals surface area contributed by atoms with Crippen LogP contribution in [0.15, 0.2) is 78.7 Å². The number of carbonyl (C=O) groups is 1. The Hall–Kier alpha value is -3.38. The highest BCUT2D eigenvalue weighted by Crippen LogP contribution is 2.32. The van der Waals surface area contributed by atoms with Crippen molar-refractivity contribution < 1.29 is 9.18 Å². The normalized spacial score (nSPS) is 10.6. The van der Waals surface area contributed by atoms with E-state index in [0.29, 0.717) is 11.3 Å². The Morgan fingerprint density at radius 2 is 1.74 bits per heavy atom. The summed E-state index contributed by atoms with van der Waals surface area (Å²) in [5, 5.41) is 4.86. The number of pyridine rings is 2. The quantitative estimate of drug-likeness (QED) is 0.529. The van der Waals surface area contributed by atoms with Gasteiger partial charge < -0.3 is 5.32 Å². The maximum absolute atomic E-state index is 13.0. The van der Waals surface area contributed by atoms with Gasteiger partial charge in [-0.05, 0) is 53.4 Å². The van der Waals surface area contributed by atoms with Gasteiger partial charge in [0.05, 0.1) is 11.9 Å². The van der Waals surface area contributed by atoms with E-state index in [1.807, 2.05) is 24.4 Å². The van der Waals surface area contributed by atoms with Crippen LogP contribution < -0.4 is 5.32 Å². The third kappa shape index (κ3) is 3.91. The molecule has 4 aromatic rings. The lowest BCUT2D eigenvalue weighted by molar-refractivity contribution is 0.102. The topological polar surface area (TPSA) is 54.9 Å². The largest absolute Gasteiger partial charge is 0.321 e. The summed E-state index contributed by atoms with van der Waals surface area (Å²) < 4.78 is 13.0. The van der Waals surface area contributed by atoms with Crippen LogP contribution in [0.3, 0.4) is 0 Å². The van der Waals surface area contributed by atoms with E-state index >= 15 is 0 Å². The molecule has 1 aromatic carbocycles. The molecule has 0 atom stereocenters. The van der Waals surface area contributed by atoms with Gasteiger partial charge in [-0.25, -0.2) is 4.39 Å². The molecule has 0 spiro atoms. The van der Waals surface area contributed by atoms with Crippen molar-refractivity contribution in [1.29, 1.82) is 0 Å². The number of nitrogens with zero attached hydrogens (tertiary/aromatic N) is 2. The van der Waals surface area contributed by atoms with Crippen LogP contribution in [-0.2, 0) is 0 Å². The zero-order chi connectivity index (χ0) is 18.6. The number of rotatable bonds is 4. The highest BCUT2D eigenvalue weighted by Gasteiger charge is 2.09. The number of carbonyl (C=O) groups excluding carboxylic acids is 1. The zero-order valence-electron chi connectivity index (χ0n) is 14.1. The van der Waals surface area contributed by atoms with Crippen LogP contribution in [-0.4, -0.2) is 15.9 Å². The maximum Gasteiger partial charge on any atom is 0.255 e. The Morgan fingerprint density at radius 1 is 0.926 bits per heavy atom. The summed E-state index contributed by atoms with van der Waals surface area (Å²) in [4.78, 5) is 21.7. The summed E-state index contributed by atoms with van der Waals surface area (Å²) in [5.41, 5.74) is 4.01. The summed E-state index contributed by atoms with van der Waals surface area (Å²) in [6.07, 6.45) is 6.91. The van der Waals surface area contributed by atoms with E-state index in [0.717, 1.165) is 21.6 Å². The number of benzene rings is 1. The Kier molecular flexibility index (Phi) is 4.72. The predicted molar refractivity (Wildman–Crippen MR) is 105 cm³/mol. The maximum atomic E-state index is 13.0. The first-order valence-electron chi connectivity index (χ1n) is 8.20. The smallest absolute Gasteiger partial charge is 0.255 e. The van der Waals surface area contributed by atoms with Gasteiger partial charge in [0.1, 0.15) is 5.82 Å². The standard InChI is InChI=1S/C21H14FN3OS/c22-18-5-3-14(4-6-18)21(26)25-19-8-16(11-24-12-19)20-9-17(13-27-20)15-2-1-7-23-10-15/h1-13H,(H,25,26). The summed E-state index contributed by atoms with van der Waals surface area (Å²) in [5.74, 6) is -0.687. The molecule has 0 saturated heterocycles. The van der Waals surface area contributed by atoms with Crippen LogP contribution in [0.4, 0.5) is 10.1 Å². The summed E-state index contributed by atoms with van der Waals surface area (Å²) in [6, 6.07) is 13.3. The van der Waals surface area contributed by atoms with E-state index in [1.54, 1.807) is 29.9 Å². The first-order chi connectivity index (χ1) is 13.2. The number of hydrogen-bond donors (Lipinski definition) is 1. The van der Waals surface area contributed by atoms with Crippen molar-refractivity contribution in [2.75, 3.05) is 5.32 Å². The van der Waals surface area contributed by atoms with Crippen LogP contribution in [0.25, 0.3) is 21.6 Å². The molecule has 0 bridgehead atoms. The Morgan fingerprint density at radius 3 is 2.52 bits per heavy atom. The zero-order valence-corrected chi connectivity index (χ0v) is 14.9. The number of hydrogen-bond acceptors (Lipinski definition) is 4. The number of thiophene rings is 1. The molecule has 0 unspecified atom stereocenters. The molecule has 0 saturated carbocycles. The molecule has 3 aromatic heterocycles. The van der Waals surface area contributed by atoms with E-state index in [2.05, 4.69) is 26.7 Å². The number of anilines is 1. The summed E-state index contributed by atoms with van der Waals surface area (Å²) in [6.45, 7) is 0. The predicted octanol–water partition coefficient (Wildman–Crippen LogP) is 5.26. The average molecular weight is 375 g/mol. The minimum absolute atomic E-state index is 0.309. The lowest BCUT2D eigenvalue weighted by Gasteiger charge is -2.06. The fourth-order valence-electron chi connectivity index (χ4n) is 2.62. The Balaban J connectivity index is 1.55. The number of nitrogens with one attached hydrogen (secondary N) is 1. The molecule has 4 nitrogen and oxygen atoms in total. The minimum Gasteiger partial charge on any atom is -0.321 e. The van der Waals surface area contributed by atoms with E-state index in [-0.39, 0.29) is 11.7 Å². The van der Waals surface area contributed by atoms with Crippen molar-refractivity contribution >= 4 is 22.9 Å². The molecule has 3 heterocycles. The van der Waals surface area contributed by atoms with Gasteiger partial charge in [-0.1, -0.05) is 6.07 Å². The molecule has 1 N–H and O–H groups in total. The fourth-order valence-corrected chi connectivity index (χ4v) is 3.52. The lowest BCUT2D eigenvalue weighted by atomic mass is 10.1. The minimum atomic E-state index is -0.377. The number of aromatic nitrogens is 2. The van der Waals surface area contributed by atoms with Gasteiger partial charge in [-0.3, -0.25) is 14.8 Å². The molecular weight excluding hydrogens is 361 g/mol. The lowest BCUT2D eigenvalue weighted by Crippen LogP contribution is -2.12. The van der Waals surface area contributed by atoms with Gasteiger partial charge in [0.15, 0.2) is 0 Å². The van der Waals surface area contributed by atoms with Crippen LogP contribution >= 0.6 is 11.3 Å². The van der Waals surface area contributed by atoms with Crippen molar-refractivity contribution in [3.05, 3.63) is 90.1 Å². The molecule has 4 rings (SSSR count). The van der Waals surface area contributed by atoms with Gasteiger partial charge in [-0.15, -0.1) is 11.3 Å². The van der Waals surface area contributed by atoms with E-state index in [1.165, 1.54) is 24.3 Å². The second-order valence-corrected chi connectivity index (χ2v) is 6.78. The molecule has 1 amide bonds.